The molecule has 0 unspecified atom stereocenters. The van der Waals surface area contributed by atoms with E-state index < -0.39 is 5.97 Å². The standard InChI is InChI=1S/C22H32N2O3/c1-2-3-4-5-6-7-8-9-10-14-17-27-22(26)20-18-21(25)24(23-20)19-15-12-11-13-16-19/h11-13,15-16,18,23H,2-10,14,17H2,1H3. The second-order valence-electron chi connectivity index (χ2n) is 7.00. The zero-order valence-corrected chi connectivity index (χ0v) is 16.4. The number of carbonyl (C=O) groups excluding carboxylic acids is 1. The van der Waals surface area contributed by atoms with Crippen LogP contribution >= 0.6 is 0 Å². The molecule has 0 fully saturated rings. The number of aromatic amines is 1. The van der Waals surface area contributed by atoms with Crippen LogP contribution in [-0.2, 0) is 4.74 Å². The predicted molar refractivity (Wildman–Crippen MR) is 109 cm³/mol. The van der Waals surface area contributed by atoms with E-state index in [1.807, 2.05) is 18.2 Å². The van der Waals surface area contributed by atoms with Gasteiger partial charge < -0.3 is 4.74 Å². The lowest BCUT2D eigenvalue weighted by Crippen LogP contribution is -2.13. The molecule has 0 aliphatic carbocycles. The van der Waals surface area contributed by atoms with Gasteiger partial charge >= 0.3 is 5.97 Å². The highest BCUT2D eigenvalue weighted by Gasteiger charge is 2.13. The van der Waals surface area contributed by atoms with Crippen LogP contribution in [0.5, 0.6) is 0 Å². The zero-order chi connectivity index (χ0) is 19.3. The summed E-state index contributed by atoms with van der Waals surface area (Å²) in [6.45, 7) is 2.64. The third-order valence-electron chi connectivity index (χ3n) is 4.69. The Bertz CT molecular complexity index is 719. The van der Waals surface area contributed by atoms with Crippen molar-refractivity contribution in [2.75, 3.05) is 6.61 Å². The maximum Gasteiger partial charge on any atom is 0.356 e. The van der Waals surface area contributed by atoms with Crippen LogP contribution in [0.4, 0.5) is 0 Å². The average Bonchev–Trinajstić information content (AvgIpc) is 3.08. The number of para-hydroxylation sites is 1. The van der Waals surface area contributed by atoms with Gasteiger partial charge in [0.05, 0.1) is 12.3 Å². The molecule has 1 heterocycles. The molecule has 1 N–H and O–H groups in total. The Morgan fingerprint density at radius 1 is 0.926 bits per heavy atom. The van der Waals surface area contributed by atoms with Crippen molar-refractivity contribution in [3.05, 3.63) is 52.4 Å². The smallest absolute Gasteiger partial charge is 0.356 e. The number of rotatable bonds is 13. The predicted octanol–water partition coefficient (Wildman–Crippen LogP) is 5.24. The molecule has 0 aliphatic heterocycles. The molecule has 0 radical (unpaired) electrons. The van der Waals surface area contributed by atoms with Gasteiger partial charge in [-0.2, -0.15) is 0 Å². The number of esters is 1. The lowest BCUT2D eigenvalue weighted by atomic mass is 10.1. The first-order valence-corrected chi connectivity index (χ1v) is 10.3. The summed E-state index contributed by atoms with van der Waals surface area (Å²) in [6, 6.07) is 10.4. The van der Waals surface area contributed by atoms with Gasteiger partial charge in [0.25, 0.3) is 5.56 Å². The first-order chi connectivity index (χ1) is 13.2. The molecule has 0 aliphatic rings. The Hall–Kier alpha value is -2.30. The van der Waals surface area contributed by atoms with Crippen molar-refractivity contribution in [3.63, 3.8) is 0 Å². The minimum atomic E-state index is -0.474. The molecular formula is C22H32N2O3. The molecule has 0 spiro atoms. The van der Waals surface area contributed by atoms with Gasteiger partial charge in [-0.05, 0) is 18.6 Å². The summed E-state index contributed by atoms with van der Waals surface area (Å²) in [6.07, 6.45) is 12.4. The molecule has 1 aromatic heterocycles. The van der Waals surface area contributed by atoms with Crippen LogP contribution in [0.2, 0.25) is 0 Å². The van der Waals surface area contributed by atoms with Crippen LogP contribution in [0, 0.1) is 0 Å². The van der Waals surface area contributed by atoms with Crippen LogP contribution in [-0.4, -0.2) is 22.4 Å². The van der Waals surface area contributed by atoms with Crippen molar-refractivity contribution in [2.45, 2.75) is 71.1 Å². The van der Waals surface area contributed by atoms with E-state index in [4.69, 9.17) is 4.74 Å². The largest absolute Gasteiger partial charge is 0.461 e. The Labute approximate surface area is 161 Å². The third-order valence-corrected chi connectivity index (χ3v) is 4.69. The number of unbranched alkanes of at least 4 members (excludes halogenated alkanes) is 9. The molecule has 0 amide bonds. The van der Waals surface area contributed by atoms with E-state index in [9.17, 15) is 9.59 Å². The molecule has 0 saturated heterocycles. The monoisotopic (exact) mass is 372 g/mol. The Kier molecular flexibility index (Phi) is 9.45. The summed E-state index contributed by atoms with van der Waals surface area (Å²) in [5.41, 5.74) is 0.610. The van der Waals surface area contributed by atoms with E-state index in [-0.39, 0.29) is 11.3 Å². The topological polar surface area (TPSA) is 64.1 Å². The van der Waals surface area contributed by atoms with E-state index in [1.54, 1.807) is 12.1 Å². The Morgan fingerprint density at radius 2 is 1.52 bits per heavy atom. The van der Waals surface area contributed by atoms with Gasteiger partial charge in [-0.15, -0.1) is 0 Å². The van der Waals surface area contributed by atoms with Crippen LogP contribution in [0.3, 0.4) is 0 Å². The van der Waals surface area contributed by atoms with E-state index in [0.29, 0.717) is 12.3 Å². The summed E-state index contributed by atoms with van der Waals surface area (Å²) in [5.74, 6) is -0.474. The molecule has 0 atom stereocenters. The second-order valence-corrected chi connectivity index (χ2v) is 7.00. The van der Waals surface area contributed by atoms with E-state index in [0.717, 1.165) is 12.8 Å². The number of nitrogens with one attached hydrogen (secondary N) is 1. The first kappa shape index (κ1) is 21.0. The van der Waals surface area contributed by atoms with Crippen LogP contribution < -0.4 is 5.56 Å². The molecule has 0 saturated carbocycles. The molecule has 27 heavy (non-hydrogen) atoms. The summed E-state index contributed by atoms with van der Waals surface area (Å²) in [4.78, 5) is 24.1. The number of nitrogens with zero attached hydrogens (tertiary/aromatic N) is 1. The van der Waals surface area contributed by atoms with Gasteiger partial charge in [-0.1, -0.05) is 82.9 Å². The molecule has 5 heteroatoms. The minimum absolute atomic E-state index is 0.191. The lowest BCUT2D eigenvalue weighted by molar-refractivity contribution is 0.0490. The summed E-state index contributed by atoms with van der Waals surface area (Å²) in [5, 5.41) is 2.82. The highest BCUT2D eigenvalue weighted by molar-refractivity contribution is 5.87. The van der Waals surface area contributed by atoms with Gasteiger partial charge in [0.1, 0.15) is 5.69 Å². The minimum Gasteiger partial charge on any atom is -0.461 e. The highest BCUT2D eigenvalue weighted by Crippen LogP contribution is 2.11. The first-order valence-electron chi connectivity index (χ1n) is 10.3. The van der Waals surface area contributed by atoms with Crippen molar-refractivity contribution in [1.82, 2.24) is 9.78 Å². The van der Waals surface area contributed by atoms with Crippen molar-refractivity contribution in [1.29, 1.82) is 0 Å². The highest BCUT2D eigenvalue weighted by atomic mass is 16.5. The lowest BCUT2D eigenvalue weighted by Gasteiger charge is -2.04. The third kappa shape index (κ3) is 7.45. The number of H-pyrrole nitrogens is 1. The fourth-order valence-corrected chi connectivity index (χ4v) is 3.10. The average molecular weight is 373 g/mol. The number of ether oxygens (including phenoxy) is 1. The number of hydrogen-bond acceptors (Lipinski definition) is 3. The molecule has 2 rings (SSSR count). The number of benzene rings is 1. The molecule has 5 nitrogen and oxygen atoms in total. The fraction of sp³-hybridized carbons (Fsp3) is 0.545. The number of aromatic nitrogens is 2. The van der Waals surface area contributed by atoms with Crippen molar-refractivity contribution in [3.8, 4) is 5.69 Å². The van der Waals surface area contributed by atoms with Crippen molar-refractivity contribution < 1.29 is 9.53 Å². The molecule has 2 aromatic rings. The number of carbonyl (C=O) groups is 1. The van der Waals surface area contributed by atoms with Crippen molar-refractivity contribution in [2.24, 2.45) is 0 Å². The van der Waals surface area contributed by atoms with Gasteiger partial charge in [0.15, 0.2) is 0 Å². The van der Waals surface area contributed by atoms with Crippen LogP contribution in [0.25, 0.3) is 5.69 Å². The molecule has 148 valence electrons. The quantitative estimate of drug-likeness (QED) is 0.386. The molecule has 1 aromatic carbocycles. The van der Waals surface area contributed by atoms with Crippen LogP contribution in [0.15, 0.2) is 41.2 Å². The zero-order valence-electron chi connectivity index (χ0n) is 16.4. The van der Waals surface area contributed by atoms with E-state index >= 15 is 0 Å². The fourth-order valence-electron chi connectivity index (χ4n) is 3.10. The maximum absolute atomic E-state index is 12.1. The summed E-state index contributed by atoms with van der Waals surface area (Å²) >= 11 is 0. The van der Waals surface area contributed by atoms with Gasteiger partial charge in [0.2, 0.25) is 0 Å². The number of hydrogen-bond donors (Lipinski definition) is 1. The Morgan fingerprint density at radius 3 is 2.15 bits per heavy atom. The van der Waals surface area contributed by atoms with Gasteiger partial charge in [0, 0.05) is 6.07 Å². The molecule has 0 bridgehead atoms. The normalized spacial score (nSPS) is 10.9. The van der Waals surface area contributed by atoms with Gasteiger partial charge in [-0.3, -0.25) is 9.89 Å². The Balaban J connectivity index is 1.61. The maximum atomic E-state index is 12.1. The summed E-state index contributed by atoms with van der Waals surface area (Å²) in [7, 11) is 0. The van der Waals surface area contributed by atoms with Crippen molar-refractivity contribution >= 4 is 5.97 Å². The van der Waals surface area contributed by atoms with E-state index in [2.05, 4.69) is 12.0 Å². The van der Waals surface area contributed by atoms with Gasteiger partial charge in [-0.25, -0.2) is 9.48 Å². The van der Waals surface area contributed by atoms with E-state index in [1.165, 1.54) is 62.1 Å². The van der Waals surface area contributed by atoms with Crippen LogP contribution in [0.1, 0.15) is 81.6 Å². The summed E-state index contributed by atoms with van der Waals surface area (Å²) < 4.78 is 6.63. The SMILES string of the molecule is CCCCCCCCCCCCOC(=O)c1cc(=O)n(-c2ccccc2)[nH]1. The molecular weight excluding hydrogens is 340 g/mol. The second kappa shape index (κ2) is 12.2.